The normalized spacial score (nSPS) is 23.7. The molecule has 2 aliphatic rings. The van der Waals surface area contributed by atoms with Crippen LogP contribution in [0.3, 0.4) is 0 Å². The largest absolute Gasteiger partial charge is 0.465 e. The Morgan fingerprint density at radius 2 is 1.73 bits per heavy atom. The van der Waals surface area contributed by atoms with Gasteiger partial charge in [-0.05, 0) is 52.0 Å². The number of hydrogen-bond donors (Lipinski definition) is 6. The van der Waals surface area contributed by atoms with Crippen molar-refractivity contribution >= 4 is 29.7 Å². The quantitative estimate of drug-likeness (QED) is 0.214. The number of aliphatic hydroxyl groups excluding tert-OH is 2. The number of carbonyl (C=O) groups is 5. The van der Waals surface area contributed by atoms with Gasteiger partial charge in [-0.25, -0.2) is 4.79 Å². The molecule has 5 amide bonds. The van der Waals surface area contributed by atoms with Crippen LogP contribution in [0.25, 0.3) is 0 Å². The van der Waals surface area contributed by atoms with E-state index < -0.39 is 65.6 Å². The minimum absolute atomic E-state index is 0.120. The standard InChI is InChI=1S/C27H39N5O8/c1-15-7-4-8-18(13-15)14-27(25(38)29-20(16(2)33)22(28)35)10-6-12-32(27)23(36)19-9-5-11-31(19)24(37)21(17(3)34)30-26(39)40/h4,7-8,13,16-17,19-21,30,33-34H,5-6,9-12,14H2,1-3H3,(H2,28,35)(H,29,38)(H,39,40)/t16-,17-,19+,20+,21+,27?/m1/s1. The van der Waals surface area contributed by atoms with Crippen LogP contribution in [0.5, 0.6) is 0 Å². The van der Waals surface area contributed by atoms with Crippen molar-refractivity contribution < 1.29 is 39.3 Å². The van der Waals surface area contributed by atoms with E-state index in [0.29, 0.717) is 19.3 Å². The van der Waals surface area contributed by atoms with Gasteiger partial charge in [0, 0.05) is 19.5 Å². The number of benzene rings is 1. The summed E-state index contributed by atoms with van der Waals surface area (Å²) in [6.07, 6.45) is -2.49. The van der Waals surface area contributed by atoms with Gasteiger partial charge in [-0.15, -0.1) is 0 Å². The molecule has 13 nitrogen and oxygen atoms in total. The van der Waals surface area contributed by atoms with Crippen LogP contribution in [0.4, 0.5) is 4.79 Å². The van der Waals surface area contributed by atoms with Crippen molar-refractivity contribution in [3.05, 3.63) is 35.4 Å². The molecule has 0 radical (unpaired) electrons. The highest BCUT2D eigenvalue weighted by molar-refractivity contribution is 5.98. The summed E-state index contributed by atoms with van der Waals surface area (Å²) in [6, 6.07) is 3.64. The van der Waals surface area contributed by atoms with Crippen molar-refractivity contribution in [2.45, 2.75) is 88.7 Å². The van der Waals surface area contributed by atoms with E-state index in [2.05, 4.69) is 5.32 Å². The molecule has 2 saturated heterocycles. The lowest BCUT2D eigenvalue weighted by molar-refractivity contribution is -0.153. The van der Waals surface area contributed by atoms with Gasteiger partial charge in [0.15, 0.2) is 0 Å². The number of aliphatic hydroxyl groups is 2. The summed E-state index contributed by atoms with van der Waals surface area (Å²) in [7, 11) is 0. The molecule has 0 spiro atoms. The van der Waals surface area contributed by atoms with Crippen molar-refractivity contribution in [3.63, 3.8) is 0 Å². The topological polar surface area (TPSA) is 203 Å². The molecule has 2 aliphatic heterocycles. The van der Waals surface area contributed by atoms with Gasteiger partial charge in [0.25, 0.3) is 0 Å². The lowest BCUT2D eigenvalue weighted by atomic mass is 9.85. The summed E-state index contributed by atoms with van der Waals surface area (Å²) < 4.78 is 0. The molecule has 6 atom stereocenters. The maximum Gasteiger partial charge on any atom is 0.405 e. The molecule has 1 aromatic carbocycles. The molecular formula is C27H39N5O8. The van der Waals surface area contributed by atoms with Crippen LogP contribution < -0.4 is 16.4 Å². The predicted molar refractivity (Wildman–Crippen MR) is 143 cm³/mol. The number of hydrogen-bond acceptors (Lipinski definition) is 7. The van der Waals surface area contributed by atoms with Crippen LogP contribution in [0.1, 0.15) is 50.7 Å². The molecule has 13 heteroatoms. The number of likely N-dealkylation sites (tertiary alicyclic amines) is 2. The van der Waals surface area contributed by atoms with Gasteiger partial charge in [0.05, 0.1) is 12.2 Å². The minimum atomic E-state index is -1.49. The fraction of sp³-hybridized carbons (Fsp3) is 0.593. The predicted octanol–water partition coefficient (Wildman–Crippen LogP) is -0.742. The zero-order valence-electron chi connectivity index (χ0n) is 23.0. The first-order valence-corrected chi connectivity index (χ1v) is 13.4. The minimum Gasteiger partial charge on any atom is -0.465 e. The Morgan fingerprint density at radius 1 is 1.05 bits per heavy atom. The third kappa shape index (κ3) is 6.53. The third-order valence-corrected chi connectivity index (χ3v) is 7.68. The van der Waals surface area contributed by atoms with Gasteiger partial charge in [-0.2, -0.15) is 0 Å². The van der Waals surface area contributed by atoms with Crippen LogP contribution in [0.15, 0.2) is 24.3 Å². The Bertz CT molecular complexity index is 1140. The number of carboxylic acid groups (broad SMARTS) is 1. The van der Waals surface area contributed by atoms with E-state index >= 15 is 0 Å². The van der Waals surface area contributed by atoms with Crippen molar-refractivity contribution in [1.29, 1.82) is 0 Å². The molecule has 0 aliphatic carbocycles. The van der Waals surface area contributed by atoms with E-state index in [9.17, 15) is 34.2 Å². The number of nitrogens with zero attached hydrogens (tertiary/aromatic N) is 2. The second-order valence-corrected chi connectivity index (χ2v) is 10.7. The molecule has 0 bridgehead atoms. The zero-order chi connectivity index (χ0) is 29.8. The number of rotatable bonds is 10. The first-order chi connectivity index (χ1) is 18.8. The first-order valence-electron chi connectivity index (χ1n) is 13.4. The Balaban J connectivity index is 1.98. The van der Waals surface area contributed by atoms with Gasteiger partial charge in [-0.3, -0.25) is 19.2 Å². The summed E-state index contributed by atoms with van der Waals surface area (Å²) in [5.41, 5.74) is 5.72. The average molecular weight is 562 g/mol. The van der Waals surface area contributed by atoms with Crippen molar-refractivity contribution in [2.24, 2.45) is 5.73 Å². The molecule has 2 heterocycles. The maximum atomic E-state index is 14.1. The lowest BCUT2D eigenvalue weighted by Gasteiger charge is -2.41. The molecule has 0 aromatic heterocycles. The summed E-state index contributed by atoms with van der Waals surface area (Å²) in [5.74, 6) is -2.79. The maximum absolute atomic E-state index is 14.1. The van der Waals surface area contributed by atoms with Gasteiger partial charge >= 0.3 is 6.09 Å². The molecule has 3 rings (SSSR count). The molecule has 220 valence electrons. The molecule has 1 aromatic rings. The Labute approximate surface area is 232 Å². The van der Waals surface area contributed by atoms with E-state index in [1.54, 1.807) is 0 Å². The first kappa shape index (κ1) is 30.8. The summed E-state index contributed by atoms with van der Waals surface area (Å²) in [5, 5.41) is 33.9. The van der Waals surface area contributed by atoms with Crippen molar-refractivity contribution in [1.82, 2.24) is 20.4 Å². The van der Waals surface area contributed by atoms with Gasteiger partial charge in [0.1, 0.15) is 23.7 Å². The second-order valence-electron chi connectivity index (χ2n) is 10.7. The van der Waals surface area contributed by atoms with Gasteiger partial charge in [-0.1, -0.05) is 29.8 Å². The summed E-state index contributed by atoms with van der Waals surface area (Å²) in [6.45, 7) is 4.89. The molecule has 2 fully saturated rings. The lowest BCUT2D eigenvalue weighted by Crippen LogP contribution is -2.65. The van der Waals surface area contributed by atoms with Crippen LogP contribution in [-0.2, 0) is 25.6 Å². The SMILES string of the molecule is Cc1cccc(CC2(C(=O)N[C@H](C(N)=O)[C@@H](C)O)CCCN2C(=O)[C@@H]2CCCN2C(=O)[C@@H](NC(=O)O)[C@@H](C)O)c1. The summed E-state index contributed by atoms with van der Waals surface area (Å²) >= 11 is 0. The number of nitrogens with two attached hydrogens (primary N) is 1. The fourth-order valence-corrected chi connectivity index (χ4v) is 5.73. The van der Waals surface area contributed by atoms with E-state index in [0.717, 1.165) is 11.1 Å². The zero-order valence-corrected chi connectivity index (χ0v) is 23.0. The molecule has 1 unspecified atom stereocenters. The summed E-state index contributed by atoms with van der Waals surface area (Å²) in [4.78, 5) is 67.2. The second kappa shape index (κ2) is 12.6. The van der Waals surface area contributed by atoms with Crippen molar-refractivity contribution in [3.8, 4) is 0 Å². The average Bonchev–Trinajstić information content (AvgIpc) is 3.52. The number of amides is 5. The Morgan fingerprint density at radius 3 is 2.30 bits per heavy atom. The third-order valence-electron chi connectivity index (χ3n) is 7.68. The van der Waals surface area contributed by atoms with Crippen LogP contribution in [-0.4, -0.2) is 104 Å². The van der Waals surface area contributed by atoms with Crippen molar-refractivity contribution in [2.75, 3.05) is 13.1 Å². The van der Waals surface area contributed by atoms with E-state index in [1.807, 2.05) is 36.5 Å². The smallest absolute Gasteiger partial charge is 0.405 e. The Hall–Kier alpha value is -3.71. The molecule has 40 heavy (non-hydrogen) atoms. The molecule has 7 N–H and O–H groups in total. The molecule has 0 saturated carbocycles. The van der Waals surface area contributed by atoms with Crippen LogP contribution in [0.2, 0.25) is 0 Å². The highest BCUT2D eigenvalue weighted by Gasteiger charge is 2.53. The highest BCUT2D eigenvalue weighted by Crippen LogP contribution is 2.36. The number of aryl methyl sites for hydroxylation is 1. The van der Waals surface area contributed by atoms with Crippen LogP contribution in [0, 0.1) is 6.92 Å². The van der Waals surface area contributed by atoms with E-state index in [-0.39, 0.29) is 25.9 Å². The van der Waals surface area contributed by atoms with E-state index in [1.165, 1.54) is 23.6 Å². The van der Waals surface area contributed by atoms with Crippen LogP contribution >= 0.6 is 0 Å². The highest BCUT2D eigenvalue weighted by atomic mass is 16.4. The monoisotopic (exact) mass is 561 g/mol. The van der Waals surface area contributed by atoms with E-state index in [4.69, 9.17) is 10.8 Å². The fourth-order valence-electron chi connectivity index (χ4n) is 5.73. The Kier molecular flexibility index (Phi) is 9.74. The number of primary amides is 1. The van der Waals surface area contributed by atoms with Gasteiger partial charge < -0.3 is 41.5 Å². The van der Waals surface area contributed by atoms with Gasteiger partial charge in [0.2, 0.25) is 23.6 Å². The molecular weight excluding hydrogens is 522 g/mol. The number of carbonyl (C=O) groups excluding carboxylic acids is 4. The number of nitrogens with one attached hydrogen (secondary N) is 2.